The largest absolute Gasteiger partial charge is 0.482 e. The van der Waals surface area contributed by atoms with Gasteiger partial charge in [0.1, 0.15) is 24.2 Å². The summed E-state index contributed by atoms with van der Waals surface area (Å²) in [5.41, 5.74) is 1.24. The van der Waals surface area contributed by atoms with E-state index in [4.69, 9.17) is 38.3 Å². The molecule has 220 valence electrons. The number of esters is 4. The number of hydrogen-bond acceptors (Lipinski definition) is 12. The normalized spacial score (nSPS) is 21.6. The molecule has 2 aromatic carbocycles. The van der Waals surface area contributed by atoms with Gasteiger partial charge in [0.05, 0.1) is 0 Å². The lowest BCUT2D eigenvalue weighted by Gasteiger charge is -2.44. The highest BCUT2D eigenvalue weighted by molar-refractivity contribution is 5.72. The van der Waals surface area contributed by atoms with Crippen LogP contribution in [0.25, 0.3) is 11.1 Å². The molecule has 0 aliphatic carbocycles. The summed E-state index contributed by atoms with van der Waals surface area (Å²) in [6.07, 6.45) is -6.66. The molecule has 1 aliphatic rings. The molecule has 1 fully saturated rings. The number of aliphatic carboxylic acids is 1. The minimum Gasteiger partial charge on any atom is -0.482 e. The summed E-state index contributed by atoms with van der Waals surface area (Å²) in [4.78, 5) is 58.4. The van der Waals surface area contributed by atoms with E-state index in [0.29, 0.717) is 16.9 Å². The Kier molecular flexibility index (Phi) is 10.6. The fourth-order valence-corrected chi connectivity index (χ4v) is 4.09. The average molecular weight is 575 g/mol. The highest BCUT2D eigenvalue weighted by Gasteiger charge is 2.53. The second-order valence-corrected chi connectivity index (χ2v) is 8.89. The Morgan fingerprint density at radius 2 is 1.34 bits per heavy atom. The number of rotatable bonds is 11. The van der Waals surface area contributed by atoms with Gasteiger partial charge < -0.3 is 38.3 Å². The Balaban J connectivity index is 1.99. The van der Waals surface area contributed by atoms with Crippen molar-refractivity contribution in [3.63, 3.8) is 0 Å². The molecule has 0 amide bonds. The molecule has 0 spiro atoms. The van der Waals surface area contributed by atoms with Crippen molar-refractivity contribution in [1.82, 2.24) is 0 Å². The van der Waals surface area contributed by atoms with E-state index in [2.05, 4.69) is 0 Å². The quantitative estimate of drug-likeness (QED) is 0.306. The van der Waals surface area contributed by atoms with Crippen LogP contribution in [0.3, 0.4) is 0 Å². The van der Waals surface area contributed by atoms with Crippen molar-refractivity contribution >= 4 is 29.8 Å². The molecule has 1 N–H and O–H groups in total. The second-order valence-electron chi connectivity index (χ2n) is 8.89. The number of ether oxygens (including phenoxy) is 7. The molecule has 1 heterocycles. The topological polar surface area (TPSA) is 170 Å². The molecular weight excluding hydrogens is 544 g/mol. The first-order valence-electron chi connectivity index (χ1n) is 12.5. The summed E-state index contributed by atoms with van der Waals surface area (Å²) >= 11 is 0. The van der Waals surface area contributed by atoms with Gasteiger partial charge in [-0.25, -0.2) is 4.79 Å². The molecule has 1 saturated heterocycles. The third kappa shape index (κ3) is 8.93. The lowest BCUT2D eigenvalue weighted by Crippen LogP contribution is -2.63. The summed E-state index contributed by atoms with van der Waals surface area (Å²) in [5, 5.41) is 8.82. The van der Waals surface area contributed by atoms with Gasteiger partial charge in [0.2, 0.25) is 12.4 Å². The van der Waals surface area contributed by atoms with Gasteiger partial charge in [0, 0.05) is 33.3 Å². The van der Waals surface area contributed by atoms with Crippen LogP contribution in [-0.2, 0) is 47.7 Å². The van der Waals surface area contributed by atoms with Crippen molar-refractivity contribution in [2.75, 3.05) is 13.2 Å². The van der Waals surface area contributed by atoms with Gasteiger partial charge in [0.25, 0.3) is 0 Å². The van der Waals surface area contributed by atoms with Gasteiger partial charge in [-0.1, -0.05) is 30.3 Å². The van der Waals surface area contributed by atoms with Crippen molar-refractivity contribution in [3.05, 3.63) is 48.5 Å². The molecule has 3 rings (SSSR count). The molecule has 0 aromatic heterocycles. The van der Waals surface area contributed by atoms with Crippen molar-refractivity contribution < 1.29 is 62.2 Å². The number of carboxylic acid groups (broad SMARTS) is 1. The van der Waals surface area contributed by atoms with Gasteiger partial charge in [-0.05, 0) is 23.8 Å². The molecule has 2 aromatic rings. The molecule has 13 nitrogen and oxygen atoms in total. The zero-order chi connectivity index (χ0) is 30.1. The van der Waals surface area contributed by atoms with Crippen LogP contribution in [0.15, 0.2) is 48.5 Å². The smallest absolute Gasteiger partial charge is 0.341 e. The Morgan fingerprint density at radius 1 is 0.756 bits per heavy atom. The van der Waals surface area contributed by atoms with E-state index in [0.717, 1.165) is 20.8 Å². The summed E-state index contributed by atoms with van der Waals surface area (Å²) in [5.74, 6) is -3.40. The summed E-state index contributed by atoms with van der Waals surface area (Å²) in [6, 6.07) is 13.4. The van der Waals surface area contributed by atoms with Crippen LogP contribution < -0.4 is 9.47 Å². The Labute approximate surface area is 235 Å². The standard InChI is InChI=1S/C28H30O13/c1-15(29)35-13-23-25(37-16(2)30)26(38-17(3)31)27(39-18(4)32)28(41-23)40-22-8-6-5-7-21(22)19-9-11-20(12-10-19)36-14-24(33)34/h5-12,23,25-28H,13-14H2,1-4H3,(H,33,34)/t23-,25-,26+,27+,28-/m1/s1. The molecule has 0 bridgehead atoms. The first-order valence-corrected chi connectivity index (χ1v) is 12.5. The summed E-state index contributed by atoms with van der Waals surface area (Å²) in [7, 11) is 0. The third-order valence-electron chi connectivity index (χ3n) is 5.61. The predicted octanol–water partition coefficient (Wildman–Crippen LogP) is 2.28. The van der Waals surface area contributed by atoms with Crippen molar-refractivity contribution in [1.29, 1.82) is 0 Å². The van der Waals surface area contributed by atoms with Crippen LogP contribution in [-0.4, -0.2) is 78.9 Å². The number of hydrogen-bond donors (Lipinski definition) is 1. The highest BCUT2D eigenvalue weighted by Crippen LogP contribution is 2.35. The van der Waals surface area contributed by atoms with E-state index in [1.165, 1.54) is 6.92 Å². The van der Waals surface area contributed by atoms with Crippen LogP contribution in [0, 0.1) is 0 Å². The van der Waals surface area contributed by atoms with Gasteiger partial charge in [-0.2, -0.15) is 0 Å². The van der Waals surface area contributed by atoms with E-state index in [1.807, 2.05) is 0 Å². The van der Waals surface area contributed by atoms with Crippen LogP contribution in [0.1, 0.15) is 27.7 Å². The molecule has 13 heteroatoms. The maximum absolute atomic E-state index is 12.1. The Morgan fingerprint density at radius 3 is 1.93 bits per heavy atom. The SMILES string of the molecule is CC(=O)OC[C@H]1O[C@@H](Oc2ccccc2-c2ccc(OCC(=O)O)cc2)[C@@H](OC(C)=O)[C@@H](OC(C)=O)[C@@H]1OC(C)=O. The number of carbonyl (C=O) groups is 5. The molecule has 41 heavy (non-hydrogen) atoms. The monoisotopic (exact) mass is 574 g/mol. The molecule has 0 saturated carbocycles. The fraction of sp³-hybridized carbons (Fsp3) is 0.393. The zero-order valence-corrected chi connectivity index (χ0v) is 22.8. The Bertz CT molecular complexity index is 1260. The zero-order valence-electron chi connectivity index (χ0n) is 22.8. The van der Waals surface area contributed by atoms with Crippen molar-refractivity contribution in [3.8, 4) is 22.6 Å². The van der Waals surface area contributed by atoms with Gasteiger partial charge >= 0.3 is 29.8 Å². The maximum atomic E-state index is 12.1. The maximum Gasteiger partial charge on any atom is 0.341 e. The van der Waals surface area contributed by atoms with E-state index in [9.17, 15) is 24.0 Å². The van der Waals surface area contributed by atoms with E-state index in [-0.39, 0.29) is 5.75 Å². The molecule has 0 unspecified atom stereocenters. The van der Waals surface area contributed by atoms with E-state index < -0.39 is 73.8 Å². The van der Waals surface area contributed by atoms with Crippen molar-refractivity contribution in [2.45, 2.75) is 58.4 Å². The molecule has 5 atom stereocenters. The van der Waals surface area contributed by atoms with E-state index >= 15 is 0 Å². The number of para-hydroxylation sites is 1. The van der Waals surface area contributed by atoms with Crippen LogP contribution >= 0.6 is 0 Å². The third-order valence-corrected chi connectivity index (χ3v) is 5.61. The van der Waals surface area contributed by atoms with Gasteiger partial charge in [-0.3, -0.25) is 19.2 Å². The minimum atomic E-state index is -1.41. The van der Waals surface area contributed by atoms with E-state index in [1.54, 1.807) is 48.5 Å². The first-order chi connectivity index (χ1) is 19.4. The molecular formula is C28H30O13. The van der Waals surface area contributed by atoms with Crippen molar-refractivity contribution in [2.24, 2.45) is 0 Å². The van der Waals surface area contributed by atoms with Gasteiger partial charge in [-0.15, -0.1) is 0 Å². The predicted molar refractivity (Wildman–Crippen MR) is 138 cm³/mol. The fourth-order valence-electron chi connectivity index (χ4n) is 4.09. The minimum absolute atomic E-state index is 0.271. The summed E-state index contributed by atoms with van der Waals surface area (Å²) in [6.45, 7) is 3.68. The summed E-state index contributed by atoms with van der Waals surface area (Å²) < 4.78 is 38.7. The lowest BCUT2D eigenvalue weighted by atomic mass is 9.98. The molecule has 0 radical (unpaired) electrons. The van der Waals surface area contributed by atoms with Crippen LogP contribution in [0.2, 0.25) is 0 Å². The number of benzene rings is 2. The highest BCUT2D eigenvalue weighted by atomic mass is 16.7. The van der Waals surface area contributed by atoms with Crippen LogP contribution in [0.5, 0.6) is 11.5 Å². The average Bonchev–Trinajstić information content (AvgIpc) is 2.89. The number of carbonyl (C=O) groups excluding carboxylic acids is 4. The Hall–Kier alpha value is -4.65. The first kappa shape index (κ1) is 30.9. The van der Waals surface area contributed by atoms with Crippen LogP contribution in [0.4, 0.5) is 0 Å². The van der Waals surface area contributed by atoms with Gasteiger partial charge in [0.15, 0.2) is 18.8 Å². The number of carboxylic acids is 1. The second kappa shape index (κ2) is 14.1. The molecule has 1 aliphatic heterocycles. The lowest BCUT2D eigenvalue weighted by molar-refractivity contribution is -0.288.